The number of rotatable bonds is 13. The average Bonchev–Trinajstić information content (AvgIpc) is 3.48. The quantitative estimate of drug-likeness (QED) is 0.334. The molecule has 2 N–H and O–H groups in total. The zero-order valence-electron chi connectivity index (χ0n) is 18.3. The van der Waals surface area contributed by atoms with E-state index in [0.717, 1.165) is 64.2 Å². The summed E-state index contributed by atoms with van der Waals surface area (Å²) < 4.78 is 5.68. The molecule has 0 aromatic carbocycles. The molecule has 2 fully saturated rings. The Morgan fingerprint density at radius 1 is 0.929 bits per heavy atom. The first-order chi connectivity index (χ1) is 13.1. The van der Waals surface area contributed by atoms with Gasteiger partial charge in [0.15, 0.2) is 0 Å². The number of esters is 1. The van der Waals surface area contributed by atoms with Crippen molar-refractivity contribution < 1.29 is 24.5 Å². The lowest BCUT2D eigenvalue weighted by Crippen LogP contribution is -2.40. The van der Waals surface area contributed by atoms with Crippen LogP contribution >= 0.6 is 0 Å². The molecule has 0 aliphatic heterocycles. The maximum atomic E-state index is 12.9. The third kappa shape index (κ3) is 5.71. The zero-order chi connectivity index (χ0) is 21.0. The van der Waals surface area contributed by atoms with Crippen molar-refractivity contribution in [3.8, 4) is 0 Å². The highest BCUT2D eigenvalue weighted by molar-refractivity contribution is 5.84. The van der Waals surface area contributed by atoms with Crippen LogP contribution in [0.15, 0.2) is 0 Å². The fourth-order valence-electron chi connectivity index (χ4n) is 4.64. The third-order valence-electron chi connectivity index (χ3n) is 6.56. The minimum absolute atomic E-state index is 0.149. The maximum Gasteiger partial charge on any atom is 0.312 e. The summed E-state index contributed by atoms with van der Waals surface area (Å²) in [5.74, 6) is -1.12. The van der Waals surface area contributed by atoms with Gasteiger partial charge >= 0.3 is 11.9 Å². The van der Waals surface area contributed by atoms with Gasteiger partial charge in [0.1, 0.15) is 5.60 Å². The first-order valence-electron chi connectivity index (χ1n) is 11.2. The molecule has 162 valence electrons. The van der Waals surface area contributed by atoms with E-state index in [-0.39, 0.29) is 18.0 Å². The Hall–Kier alpha value is -1.10. The van der Waals surface area contributed by atoms with Crippen LogP contribution in [0, 0.1) is 16.7 Å². The van der Waals surface area contributed by atoms with Gasteiger partial charge in [0.2, 0.25) is 0 Å². The van der Waals surface area contributed by atoms with Crippen molar-refractivity contribution in [2.45, 2.75) is 116 Å². The molecule has 2 rings (SSSR count). The first-order valence-corrected chi connectivity index (χ1v) is 11.2. The van der Waals surface area contributed by atoms with Crippen LogP contribution in [0.25, 0.3) is 0 Å². The Bertz CT molecular complexity index is 540. The number of hydrogen-bond acceptors (Lipinski definition) is 4. The minimum atomic E-state index is -0.757. The lowest BCUT2D eigenvalue weighted by molar-refractivity contribution is -0.167. The van der Waals surface area contributed by atoms with Crippen molar-refractivity contribution in [3.05, 3.63) is 0 Å². The van der Waals surface area contributed by atoms with E-state index in [1.54, 1.807) is 0 Å². The average molecular weight is 397 g/mol. The normalized spacial score (nSPS) is 21.6. The number of unbranched alkanes of at least 4 members (excludes halogenated alkanes) is 3. The van der Waals surface area contributed by atoms with E-state index in [9.17, 15) is 19.8 Å². The molecular weight excluding hydrogens is 356 g/mol. The third-order valence-corrected chi connectivity index (χ3v) is 6.56. The lowest BCUT2D eigenvalue weighted by atomic mass is 9.73. The Kier molecular flexibility index (Phi) is 7.57. The van der Waals surface area contributed by atoms with Crippen LogP contribution in [0.5, 0.6) is 0 Å². The molecule has 2 unspecified atom stereocenters. The van der Waals surface area contributed by atoms with Crippen LogP contribution in [-0.4, -0.2) is 33.9 Å². The molecule has 0 aromatic rings. The summed E-state index contributed by atoms with van der Waals surface area (Å²) in [4.78, 5) is 24.9. The molecule has 0 heterocycles. The number of carboxylic acids is 1. The van der Waals surface area contributed by atoms with Crippen molar-refractivity contribution in [1.82, 2.24) is 0 Å². The topological polar surface area (TPSA) is 83.8 Å². The Balaban J connectivity index is 1.95. The Labute approximate surface area is 170 Å². The predicted octanol–water partition coefficient (Wildman–Crippen LogP) is 5.09. The number of carbonyl (C=O) groups excluding carboxylic acids is 1. The Morgan fingerprint density at radius 3 is 1.86 bits per heavy atom. The van der Waals surface area contributed by atoms with Gasteiger partial charge in [-0.25, -0.2) is 0 Å². The van der Waals surface area contributed by atoms with Gasteiger partial charge < -0.3 is 14.9 Å². The SMILES string of the molecule is CCCCCC(O)CCCCC(C1(C(=O)O)CC1)C1(C(=O)OC(C)(C)C)CC1. The fraction of sp³-hybridized carbons (Fsp3) is 0.913. The van der Waals surface area contributed by atoms with Gasteiger partial charge in [-0.2, -0.15) is 0 Å². The second kappa shape index (κ2) is 9.15. The molecule has 0 amide bonds. The van der Waals surface area contributed by atoms with Crippen LogP contribution < -0.4 is 0 Å². The van der Waals surface area contributed by atoms with Crippen molar-refractivity contribution in [1.29, 1.82) is 0 Å². The summed E-state index contributed by atoms with van der Waals surface area (Å²) in [7, 11) is 0. The Morgan fingerprint density at radius 2 is 1.43 bits per heavy atom. The molecule has 0 saturated heterocycles. The lowest BCUT2D eigenvalue weighted by Gasteiger charge is -2.33. The molecule has 2 aliphatic carbocycles. The largest absolute Gasteiger partial charge is 0.481 e. The van der Waals surface area contributed by atoms with Crippen LogP contribution in [0.3, 0.4) is 0 Å². The highest BCUT2D eigenvalue weighted by atomic mass is 16.6. The molecule has 5 heteroatoms. The molecule has 0 aromatic heterocycles. The summed E-state index contributed by atoms with van der Waals surface area (Å²) in [6.45, 7) is 7.74. The van der Waals surface area contributed by atoms with Crippen molar-refractivity contribution in [2.75, 3.05) is 0 Å². The van der Waals surface area contributed by atoms with Gasteiger partial charge in [0, 0.05) is 0 Å². The summed E-state index contributed by atoms with van der Waals surface area (Å²) in [6, 6.07) is 0. The maximum absolute atomic E-state index is 12.9. The number of ether oxygens (including phenoxy) is 1. The molecule has 2 atom stereocenters. The molecule has 2 saturated carbocycles. The second-order valence-electron chi connectivity index (χ2n) is 10.1. The fourth-order valence-corrected chi connectivity index (χ4v) is 4.64. The number of carbonyl (C=O) groups is 2. The number of aliphatic hydroxyl groups is 1. The van der Waals surface area contributed by atoms with Gasteiger partial charge in [-0.1, -0.05) is 39.0 Å². The van der Waals surface area contributed by atoms with Gasteiger partial charge in [0.05, 0.1) is 16.9 Å². The summed E-state index contributed by atoms with van der Waals surface area (Å²) >= 11 is 0. The van der Waals surface area contributed by atoms with Gasteiger partial charge in [0.25, 0.3) is 0 Å². The van der Waals surface area contributed by atoms with Gasteiger partial charge in [-0.05, 0) is 71.6 Å². The molecular formula is C23H40O5. The van der Waals surface area contributed by atoms with Crippen LogP contribution in [0.2, 0.25) is 0 Å². The monoisotopic (exact) mass is 396 g/mol. The number of aliphatic carboxylic acids is 1. The minimum Gasteiger partial charge on any atom is -0.481 e. The number of hydrogen-bond donors (Lipinski definition) is 2. The van der Waals surface area contributed by atoms with Crippen LogP contribution in [0.4, 0.5) is 0 Å². The van der Waals surface area contributed by atoms with Crippen molar-refractivity contribution in [3.63, 3.8) is 0 Å². The van der Waals surface area contributed by atoms with Crippen molar-refractivity contribution >= 4 is 11.9 Å². The molecule has 5 nitrogen and oxygen atoms in total. The van der Waals surface area contributed by atoms with E-state index in [4.69, 9.17) is 4.74 Å². The second-order valence-corrected chi connectivity index (χ2v) is 10.1. The smallest absolute Gasteiger partial charge is 0.312 e. The van der Waals surface area contributed by atoms with E-state index >= 15 is 0 Å². The van der Waals surface area contributed by atoms with E-state index in [1.807, 2.05) is 20.8 Å². The molecule has 0 bridgehead atoms. The molecule has 0 spiro atoms. The molecule has 0 radical (unpaired) electrons. The number of carboxylic acid groups (broad SMARTS) is 1. The van der Waals surface area contributed by atoms with Gasteiger partial charge in [-0.3, -0.25) is 9.59 Å². The van der Waals surface area contributed by atoms with Crippen LogP contribution in [0.1, 0.15) is 105 Å². The highest BCUT2D eigenvalue weighted by Gasteiger charge is 2.69. The first kappa shape index (κ1) is 23.2. The van der Waals surface area contributed by atoms with E-state index in [1.165, 1.54) is 0 Å². The number of aliphatic hydroxyl groups excluding tert-OH is 1. The zero-order valence-corrected chi connectivity index (χ0v) is 18.3. The summed E-state index contributed by atoms with van der Waals surface area (Å²) in [6.07, 6.45) is 9.97. The van der Waals surface area contributed by atoms with Gasteiger partial charge in [-0.15, -0.1) is 0 Å². The summed E-state index contributed by atoms with van der Waals surface area (Å²) in [5, 5.41) is 20.0. The standard InChI is InChI=1S/C23H40O5/c1-5-6-7-10-17(24)11-8-9-12-18(22(13-14-22)19(25)26)23(15-16-23)20(27)28-21(2,3)4/h17-18,24H,5-16H2,1-4H3,(H,25,26). The van der Waals surface area contributed by atoms with E-state index in [0.29, 0.717) is 12.8 Å². The van der Waals surface area contributed by atoms with Crippen LogP contribution in [-0.2, 0) is 14.3 Å². The van der Waals surface area contributed by atoms with E-state index in [2.05, 4.69) is 6.92 Å². The van der Waals surface area contributed by atoms with E-state index < -0.39 is 22.4 Å². The molecule has 2 aliphatic rings. The summed E-state index contributed by atoms with van der Waals surface area (Å²) in [5.41, 5.74) is -1.91. The highest BCUT2D eigenvalue weighted by Crippen LogP contribution is 2.67. The molecule has 28 heavy (non-hydrogen) atoms. The predicted molar refractivity (Wildman–Crippen MR) is 109 cm³/mol. The van der Waals surface area contributed by atoms with Crippen molar-refractivity contribution in [2.24, 2.45) is 16.7 Å².